The Morgan fingerprint density at radius 3 is 2.33 bits per heavy atom. The van der Waals surface area contributed by atoms with Gasteiger partial charge in [0.2, 0.25) is 0 Å². The van der Waals surface area contributed by atoms with Crippen LogP contribution in [0.5, 0.6) is 0 Å². The summed E-state index contributed by atoms with van der Waals surface area (Å²) in [5.74, 6) is 0. The third-order valence-corrected chi connectivity index (χ3v) is 4.97. The standard InChI is InChI=1S/C18H30N2O/c1-20(17-11-7-2-3-8-12-17)14-13-18(21,15-19)16-9-5-4-6-10-16/h4-6,9-10,17,21H,2-3,7-8,11-15,19H2,1H3. The first kappa shape index (κ1) is 16.5. The van der Waals surface area contributed by atoms with Gasteiger partial charge in [-0.1, -0.05) is 56.0 Å². The van der Waals surface area contributed by atoms with Gasteiger partial charge < -0.3 is 15.7 Å². The fraction of sp³-hybridized carbons (Fsp3) is 0.667. The molecule has 0 radical (unpaired) electrons. The normalized spacial score (nSPS) is 20.2. The molecule has 0 spiro atoms. The predicted molar refractivity (Wildman–Crippen MR) is 88.1 cm³/mol. The van der Waals surface area contributed by atoms with Gasteiger partial charge in [-0.3, -0.25) is 0 Å². The van der Waals surface area contributed by atoms with E-state index in [2.05, 4.69) is 11.9 Å². The van der Waals surface area contributed by atoms with Gasteiger partial charge in [0.25, 0.3) is 0 Å². The third-order valence-electron chi connectivity index (χ3n) is 4.97. The van der Waals surface area contributed by atoms with E-state index in [9.17, 15) is 5.11 Å². The molecular formula is C18H30N2O. The quantitative estimate of drug-likeness (QED) is 0.792. The van der Waals surface area contributed by atoms with E-state index in [0.29, 0.717) is 12.5 Å². The van der Waals surface area contributed by atoms with Crippen LogP contribution in [0.25, 0.3) is 0 Å². The summed E-state index contributed by atoms with van der Waals surface area (Å²) < 4.78 is 0. The molecule has 3 heteroatoms. The van der Waals surface area contributed by atoms with E-state index >= 15 is 0 Å². The highest BCUT2D eigenvalue weighted by Gasteiger charge is 2.28. The molecular weight excluding hydrogens is 260 g/mol. The molecule has 1 saturated carbocycles. The van der Waals surface area contributed by atoms with E-state index in [-0.39, 0.29) is 6.54 Å². The minimum atomic E-state index is -0.903. The van der Waals surface area contributed by atoms with E-state index in [1.165, 1.54) is 38.5 Å². The molecule has 1 aromatic rings. The molecule has 0 amide bonds. The lowest BCUT2D eigenvalue weighted by Gasteiger charge is -2.32. The molecule has 0 aliphatic heterocycles. The SMILES string of the molecule is CN(CCC(O)(CN)c1ccccc1)C1CCCCCC1. The smallest absolute Gasteiger partial charge is 0.103 e. The zero-order valence-electron chi connectivity index (χ0n) is 13.3. The zero-order chi connectivity index (χ0) is 15.1. The molecule has 1 aromatic carbocycles. The molecule has 0 bridgehead atoms. The highest BCUT2D eigenvalue weighted by molar-refractivity contribution is 5.22. The highest BCUT2D eigenvalue weighted by Crippen LogP contribution is 2.26. The first-order valence-electron chi connectivity index (χ1n) is 8.34. The first-order valence-corrected chi connectivity index (χ1v) is 8.34. The number of nitrogens with two attached hydrogens (primary N) is 1. The van der Waals surface area contributed by atoms with Gasteiger partial charge in [0.05, 0.1) is 0 Å². The second-order valence-electron chi connectivity index (χ2n) is 6.48. The van der Waals surface area contributed by atoms with Crippen LogP contribution in [0, 0.1) is 0 Å². The molecule has 0 saturated heterocycles. The van der Waals surface area contributed by atoms with Gasteiger partial charge in [0.1, 0.15) is 5.60 Å². The van der Waals surface area contributed by atoms with Gasteiger partial charge in [-0.15, -0.1) is 0 Å². The van der Waals surface area contributed by atoms with Gasteiger partial charge >= 0.3 is 0 Å². The molecule has 1 aliphatic rings. The highest BCUT2D eigenvalue weighted by atomic mass is 16.3. The van der Waals surface area contributed by atoms with Crippen molar-refractivity contribution in [1.29, 1.82) is 0 Å². The van der Waals surface area contributed by atoms with Gasteiger partial charge in [-0.2, -0.15) is 0 Å². The Morgan fingerprint density at radius 2 is 1.76 bits per heavy atom. The Morgan fingerprint density at radius 1 is 1.14 bits per heavy atom. The van der Waals surface area contributed by atoms with E-state index < -0.39 is 5.60 Å². The lowest BCUT2D eigenvalue weighted by Crippen LogP contribution is -2.40. The summed E-state index contributed by atoms with van der Waals surface area (Å²) in [6, 6.07) is 10.5. The molecule has 0 aromatic heterocycles. The maximum Gasteiger partial charge on any atom is 0.103 e. The van der Waals surface area contributed by atoms with E-state index in [1.807, 2.05) is 30.3 Å². The van der Waals surface area contributed by atoms with Crippen LogP contribution in [-0.2, 0) is 5.60 Å². The number of hydrogen-bond donors (Lipinski definition) is 2. The van der Waals surface area contributed by atoms with Gasteiger partial charge in [-0.25, -0.2) is 0 Å². The van der Waals surface area contributed by atoms with Crippen molar-refractivity contribution in [3.63, 3.8) is 0 Å². The predicted octanol–water partition coefficient (Wildman–Crippen LogP) is 2.88. The monoisotopic (exact) mass is 290 g/mol. The summed E-state index contributed by atoms with van der Waals surface area (Å²) >= 11 is 0. The van der Waals surface area contributed by atoms with Gasteiger partial charge in [-0.05, 0) is 31.9 Å². The van der Waals surface area contributed by atoms with Crippen LogP contribution in [0.4, 0.5) is 0 Å². The van der Waals surface area contributed by atoms with E-state index in [0.717, 1.165) is 12.1 Å². The van der Waals surface area contributed by atoms with E-state index in [1.54, 1.807) is 0 Å². The Balaban J connectivity index is 1.93. The molecule has 3 N–H and O–H groups in total. The van der Waals surface area contributed by atoms with Crippen LogP contribution in [0.2, 0.25) is 0 Å². The van der Waals surface area contributed by atoms with Crippen molar-refractivity contribution in [3.8, 4) is 0 Å². The molecule has 118 valence electrons. The number of benzene rings is 1. The maximum atomic E-state index is 10.8. The molecule has 3 nitrogen and oxygen atoms in total. The first-order chi connectivity index (χ1) is 10.2. The molecule has 1 fully saturated rings. The average molecular weight is 290 g/mol. The number of nitrogens with zero attached hydrogens (tertiary/aromatic N) is 1. The second kappa shape index (κ2) is 7.92. The van der Waals surface area contributed by atoms with Crippen molar-refractivity contribution in [2.24, 2.45) is 5.73 Å². The van der Waals surface area contributed by atoms with Crippen molar-refractivity contribution in [2.75, 3.05) is 20.1 Å². The van der Waals surface area contributed by atoms with Crippen molar-refractivity contribution < 1.29 is 5.11 Å². The van der Waals surface area contributed by atoms with Crippen LogP contribution >= 0.6 is 0 Å². The van der Waals surface area contributed by atoms with Crippen molar-refractivity contribution >= 4 is 0 Å². The molecule has 21 heavy (non-hydrogen) atoms. The lowest BCUT2D eigenvalue weighted by atomic mass is 9.90. The minimum Gasteiger partial charge on any atom is -0.384 e. The van der Waals surface area contributed by atoms with Crippen molar-refractivity contribution in [3.05, 3.63) is 35.9 Å². The third kappa shape index (κ3) is 4.53. The number of aliphatic hydroxyl groups is 1. The van der Waals surface area contributed by atoms with Gasteiger partial charge in [0.15, 0.2) is 0 Å². The molecule has 1 unspecified atom stereocenters. The Kier molecular flexibility index (Phi) is 6.22. The summed E-state index contributed by atoms with van der Waals surface area (Å²) in [6.07, 6.45) is 8.72. The average Bonchev–Trinajstić information content (AvgIpc) is 2.82. The second-order valence-corrected chi connectivity index (χ2v) is 6.48. The van der Waals surface area contributed by atoms with Crippen LogP contribution in [-0.4, -0.2) is 36.2 Å². The van der Waals surface area contributed by atoms with Crippen LogP contribution in [0.15, 0.2) is 30.3 Å². The lowest BCUT2D eigenvalue weighted by molar-refractivity contribution is 0.0234. The summed E-state index contributed by atoms with van der Waals surface area (Å²) in [4.78, 5) is 2.43. The van der Waals surface area contributed by atoms with Crippen LogP contribution < -0.4 is 5.73 Å². The van der Waals surface area contributed by atoms with Crippen LogP contribution in [0.1, 0.15) is 50.5 Å². The largest absolute Gasteiger partial charge is 0.384 e. The minimum absolute atomic E-state index is 0.273. The number of rotatable bonds is 6. The van der Waals surface area contributed by atoms with Crippen molar-refractivity contribution in [1.82, 2.24) is 4.90 Å². The van der Waals surface area contributed by atoms with Crippen molar-refractivity contribution in [2.45, 2.75) is 56.6 Å². The topological polar surface area (TPSA) is 49.5 Å². The summed E-state index contributed by atoms with van der Waals surface area (Å²) in [7, 11) is 2.19. The Hall–Kier alpha value is -0.900. The molecule has 1 aliphatic carbocycles. The molecule has 1 atom stereocenters. The summed E-state index contributed by atoms with van der Waals surface area (Å²) in [6.45, 7) is 1.17. The Bertz CT molecular complexity index is 401. The maximum absolute atomic E-state index is 10.8. The van der Waals surface area contributed by atoms with Crippen LogP contribution in [0.3, 0.4) is 0 Å². The fourth-order valence-corrected chi connectivity index (χ4v) is 3.36. The summed E-state index contributed by atoms with van der Waals surface area (Å²) in [5.41, 5.74) is 5.89. The Labute approximate surface area is 129 Å². The van der Waals surface area contributed by atoms with Gasteiger partial charge in [0, 0.05) is 19.1 Å². The number of hydrogen-bond acceptors (Lipinski definition) is 3. The molecule has 2 rings (SSSR count). The molecule has 0 heterocycles. The fourth-order valence-electron chi connectivity index (χ4n) is 3.36. The summed E-state index contributed by atoms with van der Waals surface area (Å²) in [5, 5.41) is 10.8. The zero-order valence-corrected chi connectivity index (χ0v) is 13.3. The van der Waals surface area contributed by atoms with E-state index in [4.69, 9.17) is 5.73 Å².